The lowest BCUT2D eigenvalue weighted by atomic mass is 9.73. The molecule has 50 heavy (non-hydrogen) atoms. The van der Waals surface area contributed by atoms with Crippen molar-refractivity contribution < 1.29 is 14.3 Å². The van der Waals surface area contributed by atoms with E-state index in [1.165, 1.54) is 7.11 Å². The number of carbonyl (C=O) groups excluding carboxylic acids is 2. The van der Waals surface area contributed by atoms with Crippen molar-refractivity contribution in [3.05, 3.63) is 53.6 Å². The van der Waals surface area contributed by atoms with Crippen molar-refractivity contribution in [1.82, 2.24) is 25.5 Å². The molecule has 0 aliphatic carbocycles. The molecule has 11 nitrogen and oxygen atoms in total. The van der Waals surface area contributed by atoms with E-state index in [1.807, 2.05) is 34.9 Å². The molecule has 2 aliphatic rings. The summed E-state index contributed by atoms with van der Waals surface area (Å²) in [4.78, 5) is 42.5. The van der Waals surface area contributed by atoms with Crippen molar-refractivity contribution in [2.75, 3.05) is 39.2 Å². The normalized spacial score (nSPS) is 20.2. The molecule has 2 fully saturated rings. The number of ether oxygens (including phenoxy) is 1. The smallest absolute Gasteiger partial charge is 0.407 e. The Bertz CT molecular complexity index is 1660. The van der Waals surface area contributed by atoms with Crippen LogP contribution in [-0.4, -0.2) is 85.1 Å². The average Bonchev–Trinajstić information content (AvgIpc) is 3.90. The minimum absolute atomic E-state index is 0.145. The molecule has 0 radical (unpaired) electrons. The van der Waals surface area contributed by atoms with E-state index in [2.05, 4.69) is 93.4 Å². The molecular formula is C39H54N8O3. The zero-order valence-corrected chi connectivity index (χ0v) is 30.9. The van der Waals surface area contributed by atoms with Gasteiger partial charge in [0.15, 0.2) is 0 Å². The van der Waals surface area contributed by atoms with Gasteiger partial charge in [-0.05, 0) is 99.4 Å². The van der Waals surface area contributed by atoms with Gasteiger partial charge < -0.3 is 35.9 Å². The molecule has 1 aromatic heterocycles. The van der Waals surface area contributed by atoms with Crippen molar-refractivity contribution in [3.63, 3.8) is 0 Å². The molecule has 11 heteroatoms. The summed E-state index contributed by atoms with van der Waals surface area (Å²) in [6.45, 7) is 11.5. The van der Waals surface area contributed by atoms with Gasteiger partial charge in [-0.2, -0.15) is 0 Å². The fourth-order valence-corrected chi connectivity index (χ4v) is 6.58. The fraction of sp³-hybridized carbons (Fsp3) is 0.538. The van der Waals surface area contributed by atoms with Gasteiger partial charge in [-0.15, -0.1) is 0 Å². The lowest BCUT2D eigenvalue weighted by Crippen LogP contribution is -2.54. The third-order valence-electron chi connectivity index (χ3n) is 9.68. The highest BCUT2D eigenvalue weighted by Gasteiger charge is 2.39. The summed E-state index contributed by atoms with van der Waals surface area (Å²) in [5.41, 5.74) is 9.88. The second-order valence-electron chi connectivity index (χ2n) is 13.8. The number of H-pyrrole nitrogens is 1. The molecule has 5 N–H and O–H groups in total. The molecule has 2 saturated heterocycles. The van der Waals surface area contributed by atoms with Crippen molar-refractivity contribution in [2.45, 2.75) is 90.9 Å². The standard InChI is InChI=1S/C39H54N8O3/c1-9-14-31(28-18-20-30(21-19-28)46(6)7)39(5,22-11-10-15-29-25-42-36(44-29)32-16-12-23-41-32)27(4)43-35(40)33-17-13-24-47(33)37(48)34(26(2)3)45-38(49)50-8/h14,18-21,25-27,32-34,41H,9,12-13,16-17,23-24H2,1-8H3,(H2,40,43)(H,42,44)(H,45,49)/b31-14-/t27?,32-,33-,34-,39?/m0/s1. The zero-order valence-electron chi connectivity index (χ0n) is 30.9. The Morgan fingerprint density at radius 1 is 1.20 bits per heavy atom. The maximum atomic E-state index is 13.7. The SMILES string of the molecule is CC/C=C(/c1ccc(N(C)C)cc1)C(C)(C#CC#Cc1cnc([C@@H]2CCCN2)[nH]1)C(C)N=C(N)[C@@H]1CCCN1C(=O)[C@@H](NC(=O)OC)C(C)C. The molecule has 1 aromatic carbocycles. The van der Waals surface area contributed by atoms with Crippen LogP contribution in [0.25, 0.3) is 5.57 Å². The second-order valence-corrected chi connectivity index (χ2v) is 13.8. The molecular weight excluding hydrogens is 628 g/mol. The summed E-state index contributed by atoms with van der Waals surface area (Å²) in [6, 6.07) is 7.11. The highest BCUT2D eigenvalue weighted by Crippen LogP contribution is 2.40. The summed E-state index contributed by atoms with van der Waals surface area (Å²) in [6.07, 6.45) is 7.74. The number of nitrogens with one attached hydrogen (secondary N) is 3. The summed E-state index contributed by atoms with van der Waals surface area (Å²) in [5.74, 6) is 13.7. The first-order chi connectivity index (χ1) is 23.9. The molecule has 2 aromatic rings. The van der Waals surface area contributed by atoms with E-state index in [0.717, 1.165) is 60.6 Å². The molecule has 0 saturated carbocycles. The van der Waals surface area contributed by atoms with E-state index in [1.54, 1.807) is 11.1 Å². The van der Waals surface area contributed by atoms with Crippen LogP contribution in [0.2, 0.25) is 0 Å². The number of amides is 2. The average molecular weight is 683 g/mol. The van der Waals surface area contributed by atoms with Crippen molar-refractivity contribution in [3.8, 4) is 23.7 Å². The molecule has 0 spiro atoms. The summed E-state index contributed by atoms with van der Waals surface area (Å²) in [5, 5.41) is 6.15. The number of aromatic nitrogens is 2. The fourth-order valence-electron chi connectivity index (χ4n) is 6.58. The molecule has 2 unspecified atom stereocenters. The largest absolute Gasteiger partial charge is 0.453 e. The maximum absolute atomic E-state index is 13.7. The van der Waals surface area contributed by atoms with Gasteiger partial charge in [0.25, 0.3) is 0 Å². The number of anilines is 1. The Labute approximate surface area is 297 Å². The van der Waals surface area contributed by atoms with Crippen LogP contribution in [-0.2, 0) is 9.53 Å². The van der Waals surface area contributed by atoms with Crippen LogP contribution in [0.1, 0.15) is 89.8 Å². The van der Waals surface area contributed by atoms with Crippen molar-refractivity contribution in [2.24, 2.45) is 22.1 Å². The molecule has 0 bridgehead atoms. The minimum atomic E-state index is -0.789. The maximum Gasteiger partial charge on any atom is 0.407 e. The summed E-state index contributed by atoms with van der Waals surface area (Å²) in [7, 11) is 5.32. The predicted octanol–water partition coefficient (Wildman–Crippen LogP) is 4.87. The lowest BCUT2D eigenvalue weighted by Gasteiger charge is -2.34. The number of likely N-dealkylation sites (tertiary alicyclic amines) is 1. The molecule has 268 valence electrons. The van der Waals surface area contributed by atoms with E-state index in [4.69, 9.17) is 15.5 Å². The van der Waals surface area contributed by atoms with E-state index in [0.29, 0.717) is 18.8 Å². The number of hydrogen-bond donors (Lipinski definition) is 4. The minimum Gasteiger partial charge on any atom is -0.453 e. The Morgan fingerprint density at radius 2 is 1.94 bits per heavy atom. The molecule has 4 rings (SSSR count). The number of carbonyl (C=O) groups is 2. The highest BCUT2D eigenvalue weighted by molar-refractivity contribution is 5.94. The molecule has 3 heterocycles. The van der Waals surface area contributed by atoms with Crippen LogP contribution in [0.4, 0.5) is 10.5 Å². The number of nitrogens with zero attached hydrogens (tertiary/aromatic N) is 4. The molecule has 2 aliphatic heterocycles. The van der Waals surface area contributed by atoms with Crippen molar-refractivity contribution >= 4 is 29.1 Å². The van der Waals surface area contributed by atoms with E-state index < -0.39 is 29.6 Å². The second kappa shape index (κ2) is 17.3. The van der Waals surface area contributed by atoms with Gasteiger partial charge in [0.2, 0.25) is 5.91 Å². The van der Waals surface area contributed by atoms with Gasteiger partial charge in [-0.1, -0.05) is 44.9 Å². The van der Waals surface area contributed by atoms with Crippen LogP contribution in [0, 0.1) is 35.0 Å². The lowest BCUT2D eigenvalue weighted by molar-refractivity contribution is -0.134. The number of benzene rings is 1. The Morgan fingerprint density at radius 3 is 2.56 bits per heavy atom. The number of amidine groups is 1. The topological polar surface area (TPSA) is 141 Å². The van der Waals surface area contributed by atoms with E-state index >= 15 is 0 Å². The van der Waals surface area contributed by atoms with Crippen LogP contribution in [0.5, 0.6) is 0 Å². The number of nitrogens with two attached hydrogens (primary N) is 1. The number of aromatic amines is 1. The summed E-state index contributed by atoms with van der Waals surface area (Å²) >= 11 is 0. The number of imidazole rings is 1. The van der Waals surface area contributed by atoms with Gasteiger partial charge in [0.1, 0.15) is 23.4 Å². The molecule has 2 amide bonds. The van der Waals surface area contributed by atoms with Crippen LogP contribution in [0.15, 0.2) is 41.5 Å². The van der Waals surface area contributed by atoms with Crippen LogP contribution >= 0.6 is 0 Å². The Balaban J connectivity index is 1.69. The number of methoxy groups -OCH3 is 1. The zero-order chi connectivity index (χ0) is 36.4. The first-order valence-corrected chi connectivity index (χ1v) is 17.7. The van der Waals surface area contributed by atoms with Crippen LogP contribution < -0.4 is 21.3 Å². The quantitative estimate of drug-likeness (QED) is 0.151. The number of rotatable bonds is 11. The van der Waals surface area contributed by atoms with Crippen molar-refractivity contribution in [1.29, 1.82) is 0 Å². The number of aliphatic imine (C=N–C) groups is 1. The molecule has 5 atom stereocenters. The van der Waals surface area contributed by atoms with E-state index in [-0.39, 0.29) is 17.9 Å². The monoisotopic (exact) mass is 682 g/mol. The highest BCUT2D eigenvalue weighted by atomic mass is 16.5. The third-order valence-corrected chi connectivity index (χ3v) is 9.68. The predicted molar refractivity (Wildman–Crippen MR) is 200 cm³/mol. The van der Waals surface area contributed by atoms with Crippen LogP contribution in [0.3, 0.4) is 0 Å². The van der Waals surface area contributed by atoms with Gasteiger partial charge >= 0.3 is 6.09 Å². The first-order valence-electron chi connectivity index (χ1n) is 17.7. The Hall–Kier alpha value is -4.74. The summed E-state index contributed by atoms with van der Waals surface area (Å²) < 4.78 is 4.79. The number of hydrogen-bond acceptors (Lipinski definition) is 7. The van der Waals surface area contributed by atoms with E-state index in [9.17, 15) is 9.59 Å². The third kappa shape index (κ3) is 9.08. The van der Waals surface area contributed by atoms with Gasteiger partial charge in [-0.25, -0.2) is 9.78 Å². The Kier molecular flexibility index (Phi) is 13.1. The number of allylic oxidation sites excluding steroid dienone is 1. The van der Waals surface area contributed by atoms with Gasteiger partial charge in [0.05, 0.1) is 36.8 Å². The first kappa shape index (κ1) is 38.1. The van der Waals surface area contributed by atoms with Gasteiger partial charge in [0, 0.05) is 26.3 Å². The number of alkyl carbamates (subject to hydrolysis) is 1. The van der Waals surface area contributed by atoms with Gasteiger partial charge in [-0.3, -0.25) is 9.79 Å².